The van der Waals surface area contributed by atoms with Crippen LogP contribution in [0.1, 0.15) is 16.7 Å². The number of hydrogen-bond donors (Lipinski definition) is 0. The smallest absolute Gasteiger partial charge is 0.207 e. The first-order valence-corrected chi connectivity index (χ1v) is 7.14. The second-order valence-corrected chi connectivity index (χ2v) is 5.76. The zero-order chi connectivity index (χ0) is 15.1. The van der Waals surface area contributed by atoms with Gasteiger partial charge in [-0.3, -0.25) is 0 Å². The van der Waals surface area contributed by atoms with Crippen LogP contribution in [0, 0.1) is 26.6 Å². The predicted octanol–water partition coefficient (Wildman–Crippen LogP) is 4.40. The van der Waals surface area contributed by atoms with Crippen molar-refractivity contribution in [3.63, 3.8) is 0 Å². The molecule has 0 N–H and O–H groups in total. The van der Waals surface area contributed by atoms with Gasteiger partial charge < -0.3 is 0 Å². The molecule has 0 saturated heterocycles. The standard InChI is InChI=1S/C19H19FN/c1-12-5-6-13(2)16(9-12)18-8-7-15-11-17(20)14(3)10-19(15)21(18)4/h5-11H,1-4H3/q+1. The van der Waals surface area contributed by atoms with Crippen molar-refractivity contribution in [2.75, 3.05) is 0 Å². The van der Waals surface area contributed by atoms with Gasteiger partial charge in [-0.15, -0.1) is 0 Å². The maximum Gasteiger partial charge on any atom is 0.213 e. The molecule has 1 nitrogen and oxygen atoms in total. The van der Waals surface area contributed by atoms with Crippen molar-refractivity contribution >= 4 is 10.9 Å². The minimum atomic E-state index is -0.151. The minimum Gasteiger partial charge on any atom is -0.207 e. The summed E-state index contributed by atoms with van der Waals surface area (Å²) in [6.45, 7) is 6.03. The van der Waals surface area contributed by atoms with Crippen LogP contribution in [-0.4, -0.2) is 0 Å². The maximum atomic E-state index is 13.7. The first-order valence-electron chi connectivity index (χ1n) is 7.14. The van der Waals surface area contributed by atoms with Crippen molar-refractivity contribution in [3.05, 3.63) is 65.0 Å². The van der Waals surface area contributed by atoms with Gasteiger partial charge in [0.15, 0.2) is 0 Å². The van der Waals surface area contributed by atoms with Gasteiger partial charge in [-0.05, 0) is 50.1 Å². The van der Waals surface area contributed by atoms with Crippen LogP contribution >= 0.6 is 0 Å². The van der Waals surface area contributed by atoms with Gasteiger partial charge in [-0.25, -0.2) is 4.39 Å². The summed E-state index contributed by atoms with van der Waals surface area (Å²) in [6, 6.07) is 14.1. The Morgan fingerprint density at radius 1 is 0.857 bits per heavy atom. The summed E-state index contributed by atoms with van der Waals surface area (Å²) in [5.74, 6) is -0.151. The fourth-order valence-corrected chi connectivity index (χ4v) is 2.80. The first kappa shape index (κ1) is 13.7. The predicted molar refractivity (Wildman–Crippen MR) is 84.7 cm³/mol. The van der Waals surface area contributed by atoms with Crippen molar-refractivity contribution in [1.29, 1.82) is 0 Å². The van der Waals surface area contributed by atoms with Crippen LogP contribution in [0.2, 0.25) is 0 Å². The third kappa shape index (κ3) is 2.31. The van der Waals surface area contributed by atoms with Gasteiger partial charge in [0, 0.05) is 23.1 Å². The summed E-state index contributed by atoms with van der Waals surface area (Å²) in [7, 11) is 2.04. The average molecular weight is 280 g/mol. The van der Waals surface area contributed by atoms with E-state index < -0.39 is 0 Å². The third-order valence-corrected chi connectivity index (χ3v) is 4.12. The number of aryl methyl sites for hydroxylation is 4. The van der Waals surface area contributed by atoms with Crippen molar-refractivity contribution < 1.29 is 8.96 Å². The molecule has 0 bridgehead atoms. The van der Waals surface area contributed by atoms with Gasteiger partial charge in [0.2, 0.25) is 11.2 Å². The van der Waals surface area contributed by atoms with Crippen molar-refractivity contribution in [1.82, 2.24) is 0 Å². The summed E-state index contributed by atoms with van der Waals surface area (Å²) in [5.41, 5.74) is 6.58. The van der Waals surface area contributed by atoms with E-state index in [-0.39, 0.29) is 5.82 Å². The first-order chi connectivity index (χ1) is 9.97. The average Bonchev–Trinajstić information content (AvgIpc) is 2.45. The summed E-state index contributed by atoms with van der Waals surface area (Å²) < 4.78 is 15.9. The van der Waals surface area contributed by atoms with E-state index in [0.29, 0.717) is 5.56 Å². The molecule has 0 unspecified atom stereocenters. The number of pyridine rings is 1. The minimum absolute atomic E-state index is 0.151. The molecule has 1 heterocycles. The van der Waals surface area contributed by atoms with E-state index in [2.05, 4.69) is 42.7 Å². The van der Waals surface area contributed by atoms with Gasteiger partial charge in [0.1, 0.15) is 12.9 Å². The van der Waals surface area contributed by atoms with Crippen molar-refractivity contribution in [2.45, 2.75) is 20.8 Å². The van der Waals surface area contributed by atoms with E-state index in [9.17, 15) is 4.39 Å². The molecule has 0 aliphatic carbocycles. The highest BCUT2D eigenvalue weighted by Gasteiger charge is 2.17. The lowest BCUT2D eigenvalue weighted by molar-refractivity contribution is -0.633. The van der Waals surface area contributed by atoms with Crippen LogP contribution in [0.25, 0.3) is 22.2 Å². The lowest BCUT2D eigenvalue weighted by atomic mass is 10.0. The second-order valence-electron chi connectivity index (χ2n) is 5.76. The van der Waals surface area contributed by atoms with Gasteiger partial charge in [0.25, 0.3) is 0 Å². The monoisotopic (exact) mass is 280 g/mol. The number of halogens is 1. The van der Waals surface area contributed by atoms with Crippen LogP contribution in [0.15, 0.2) is 42.5 Å². The molecule has 1 aromatic heterocycles. The lowest BCUT2D eigenvalue weighted by Gasteiger charge is -2.08. The Balaban J connectivity index is 2.32. The highest BCUT2D eigenvalue weighted by molar-refractivity contribution is 5.78. The largest absolute Gasteiger partial charge is 0.213 e. The van der Waals surface area contributed by atoms with Crippen LogP contribution in [0.4, 0.5) is 4.39 Å². The number of nitrogens with zero attached hydrogens (tertiary/aromatic N) is 1. The topological polar surface area (TPSA) is 3.88 Å². The fraction of sp³-hybridized carbons (Fsp3) is 0.211. The number of benzene rings is 2. The number of rotatable bonds is 1. The van der Waals surface area contributed by atoms with Gasteiger partial charge in [-0.1, -0.05) is 17.7 Å². The Kier molecular flexibility index (Phi) is 3.25. The Morgan fingerprint density at radius 3 is 2.38 bits per heavy atom. The van der Waals surface area contributed by atoms with Crippen LogP contribution in [0.5, 0.6) is 0 Å². The second kappa shape index (κ2) is 4.96. The van der Waals surface area contributed by atoms with E-state index in [1.807, 2.05) is 19.2 Å². The van der Waals surface area contributed by atoms with Gasteiger partial charge in [0.05, 0.1) is 0 Å². The molecule has 0 aliphatic heterocycles. The molecule has 0 radical (unpaired) electrons. The Hall–Kier alpha value is -2.22. The number of hydrogen-bond acceptors (Lipinski definition) is 0. The molecule has 106 valence electrons. The molecule has 2 heteroatoms. The van der Waals surface area contributed by atoms with Crippen molar-refractivity contribution in [3.8, 4) is 11.3 Å². The molecule has 3 rings (SSSR count). The van der Waals surface area contributed by atoms with Gasteiger partial charge >= 0.3 is 0 Å². The SMILES string of the molecule is Cc1ccc(C)c(-c2ccc3cc(F)c(C)cc3[n+]2C)c1. The van der Waals surface area contributed by atoms with Crippen LogP contribution in [-0.2, 0) is 7.05 Å². The van der Waals surface area contributed by atoms with Crippen LogP contribution < -0.4 is 4.57 Å². The molecule has 0 atom stereocenters. The highest BCUT2D eigenvalue weighted by Crippen LogP contribution is 2.24. The number of aromatic nitrogens is 1. The quantitative estimate of drug-likeness (QED) is 0.582. The normalized spacial score (nSPS) is 11.1. The van der Waals surface area contributed by atoms with E-state index in [1.165, 1.54) is 16.7 Å². The lowest BCUT2D eigenvalue weighted by Crippen LogP contribution is -2.32. The molecule has 0 spiro atoms. The Morgan fingerprint density at radius 2 is 1.62 bits per heavy atom. The van der Waals surface area contributed by atoms with E-state index in [0.717, 1.165) is 16.6 Å². The van der Waals surface area contributed by atoms with Crippen LogP contribution in [0.3, 0.4) is 0 Å². The Labute approximate surface area is 124 Å². The molecule has 21 heavy (non-hydrogen) atoms. The zero-order valence-corrected chi connectivity index (χ0v) is 12.9. The third-order valence-electron chi connectivity index (χ3n) is 4.12. The molecule has 2 aromatic carbocycles. The molecule has 0 aliphatic rings. The summed E-state index contributed by atoms with van der Waals surface area (Å²) >= 11 is 0. The maximum absolute atomic E-state index is 13.7. The summed E-state index contributed by atoms with van der Waals surface area (Å²) in [6.07, 6.45) is 0. The number of fused-ring (bicyclic) bond motifs is 1. The Bertz CT molecular complexity index is 850. The highest BCUT2D eigenvalue weighted by atomic mass is 19.1. The molecule has 0 fully saturated rings. The van der Waals surface area contributed by atoms with E-state index in [1.54, 1.807) is 13.0 Å². The summed E-state index contributed by atoms with van der Waals surface area (Å²) in [5, 5.41) is 0.926. The van der Waals surface area contributed by atoms with E-state index >= 15 is 0 Å². The zero-order valence-electron chi connectivity index (χ0n) is 12.9. The molecular weight excluding hydrogens is 261 g/mol. The fourth-order valence-electron chi connectivity index (χ4n) is 2.80. The molecule has 3 aromatic rings. The molecule has 0 amide bonds. The van der Waals surface area contributed by atoms with E-state index in [4.69, 9.17) is 0 Å². The molecular formula is C19H19FN+. The molecule has 0 saturated carbocycles. The van der Waals surface area contributed by atoms with Gasteiger partial charge in [-0.2, -0.15) is 4.57 Å². The summed E-state index contributed by atoms with van der Waals surface area (Å²) in [4.78, 5) is 0. The van der Waals surface area contributed by atoms with Crippen molar-refractivity contribution in [2.24, 2.45) is 7.05 Å².